The monoisotopic (exact) mass is 392 g/mol. The number of nitriles is 2. The molecule has 1 aromatic rings. The lowest BCUT2D eigenvalue weighted by atomic mass is 9.96. The van der Waals surface area contributed by atoms with Crippen LogP contribution in [0.5, 0.6) is 0 Å². The molecule has 27 heavy (non-hydrogen) atoms. The summed E-state index contributed by atoms with van der Waals surface area (Å²) in [4.78, 5) is 14.2. The molecular formula is C18H21FN4O3S. The molecule has 1 saturated heterocycles. The third-order valence-electron chi connectivity index (χ3n) is 4.55. The van der Waals surface area contributed by atoms with Crippen molar-refractivity contribution in [3.63, 3.8) is 0 Å². The van der Waals surface area contributed by atoms with Gasteiger partial charge in [-0.15, -0.1) is 0 Å². The van der Waals surface area contributed by atoms with E-state index in [-0.39, 0.29) is 55.7 Å². The summed E-state index contributed by atoms with van der Waals surface area (Å²) in [5.74, 6) is -0.977. The van der Waals surface area contributed by atoms with Crippen molar-refractivity contribution in [2.24, 2.45) is 5.92 Å². The molecule has 0 N–H and O–H groups in total. The first-order chi connectivity index (χ1) is 12.9. The fourth-order valence-corrected chi connectivity index (χ4v) is 4.53. The normalized spacial score (nSPS) is 15.7. The van der Waals surface area contributed by atoms with Crippen LogP contribution in [0.3, 0.4) is 0 Å². The quantitative estimate of drug-likeness (QED) is 0.704. The van der Waals surface area contributed by atoms with Gasteiger partial charge in [-0.05, 0) is 37.1 Å². The first-order valence-corrected chi connectivity index (χ1v) is 10.1. The van der Waals surface area contributed by atoms with Gasteiger partial charge in [0.2, 0.25) is 15.9 Å². The summed E-state index contributed by atoms with van der Waals surface area (Å²) < 4.78 is 39.6. The minimum absolute atomic E-state index is 0.0262. The SMILES string of the molecule is N#CCCN(CCC#N)C(=O)C1CCN(S(=O)(=O)c2ccc(F)cc2)CC1. The van der Waals surface area contributed by atoms with Gasteiger partial charge in [-0.1, -0.05) is 0 Å². The van der Waals surface area contributed by atoms with E-state index >= 15 is 0 Å². The highest BCUT2D eigenvalue weighted by Gasteiger charge is 2.33. The van der Waals surface area contributed by atoms with E-state index in [4.69, 9.17) is 10.5 Å². The summed E-state index contributed by atoms with van der Waals surface area (Å²) in [7, 11) is -3.72. The minimum atomic E-state index is -3.72. The van der Waals surface area contributed by atoms with Crippen molar-refractivity contribution in [1.29, 1.82) is 10.5 Å². The zero-order valence-corrected chi connectivity index (χ0v) is 15.7. The van der Waals surface area contributed by atoms with E-state index in [1.54, 1.807) is 0 Å². The standard InChI is InChI=1S/C18H21FN4O3S/c19-16-3-5-17(6-4-16)27(25,26)23-13-7-15(8-14-23)18(24)22(11-1-9-20)12-2-10-21/h3-6,15H,1-2,7-8,11-14H2. The average molecular weight is 392 g/mol. The lowest BCUT2D eigenvalue weighted by molar-refractivity contribution is -0.136. The van der Waals surface area contributed by atoms with Crippen LogP contribution >= 0.6 is 0 Å². The number of halogens is 1. The van der Waals surface area contributed by atoms with Gasteiger partial charge in [-0.3, -0.25) is 4.79 Å². The minimum Gasteiger partial charge on any atom is -0.340 e. The zero-order chi connectivity index (χ0) is 19.9. The molecule has 0 atom stereocenters. The number of rotatable bonds is 7. The summed E-state index contributed by atoms with van der Waals surface area (Å²) in [6.45, 7) is 0.928. The molecule has 0 unspecified atom stereocenters. The molecular weight excluding hydrogens is 371 g/mol. The molecule has 0 saturated carbocycles. The number of amides is 1. The Morgan fingerprint density at radius 2 is 1.63 bits per heavy atom. The van der Waals surface area contributed by atoms with Gasteiger partial charge in [-0.25, -0.2) is 12.8 Å². The van der Waals surface area contributed by atoms with E-state index in [1.165, 1.54) is 21.3 Å². The van der Waals surface area contributed by atoms with Crippen molar-refractivity contribution in [2.45, 2.75) is 30.6 Å². The van der Waals surface area contributed by atoms with Crippen LogP contribution < -0.4 is 0 Å². The lowest BCUT2D eigenvalue weighted by Gasteiger charge is -2.33. The van der Waals surface area contributed by atoms with Gasteiger partial charge in [-0.2, -0.15) is 14.8 Å². The van der Waals surface area contributed by atoms with Crippen LogP contribution in [-0.2, 0) is 14.8 Å². The fraction of sp³-hybridized carbons (Fsp3) is 0.500. The molecule has 2 rings (SSSR count). The molecule has 9 heteroatoms. The van der Waals surface area contributed by atoms with E-state index < -0.39 is 15.8 Å². The molecule has 1 aromatic carbocycles. The molecule has 1 heterocycles. The number of carbonyl (C=O) groups excluding carboxylic acids is 1. The van der Waals surface area contributed by atoms with E-state index in [2.05, 4.69) is 0 Å². The van der Waals surface area contributed by atoms with Gasteiger partial charge < -0.3 is 4.90 Å². The van der Waals surface area contributed by atoms with E-state index in [0.717, 1.165) is 12.1 Å². The van der Waals surface area contributed by atoms with Crippen LogP contribution in [0.4, 0.5) is 4.39 Å². The third kappa shape index (κ3) is 5.25. The predicted octanol–water partition coefficient (Wildman–Crippen LogP) is 1.88. The van der Waals surface area contributed by atoms with Gasteiger partial charge in [0, 0.05) is 32.1 Å². The van der Waals surface area contributed by atoms with E-state index in [9.17, 15) is 17.6 Å². The smallest absolute Gasteiger partial charge is 0.243 e. The molecule has 1 fully saturated rings. The van der Waals surface area contributed by atoms with Gasteiger partial charge >= 0.3 is 0 Å². The maximum absolute atomic E-state index is 13.0. The van der Waals surface area contributed by atoms with Crippen molar-refractivity contribution in [3.8, 4) is 12.1 Å². The molecule has 144 valence electrons. The van der Waals surface area contributed by atoms with Crippen molar-refractivity contribution in [1.82, 2.24) is 9.21 Å². The summed E-state index contributed by atoms with van der Waals surface area (Å²) in [6, 6.07) is 8.65. The maximum Gasteiger partial charge on any atom is 0.243 e. The Morgan fingerprint density at radius 3 is 2.11 bits per heavy atom. The first-order valence-electron chi connectivity index (χ1n) is 8.68. The van der Waals surface area contributed by atoms with Crippen LogP contribution in [0.25, 0.3) is 0 Å². The second-order valence-corrected chi connectivity index (χ2v) is 8.21. The van der Waals surface area contributed by atoms with Gasteiger partial charge in [0.1, 0.15) is 5.82 Å². The second kappa shape index (κ2) is 9.45. The summed E-state index contributed by atoms with van der Waals surface area (Å²) in [6.07, 6.45) is 1.12. The number of nitrogens with zero attached hydrogens (tertiary/aromatic N) is 4. The Balaban J connectivity index is 2.00. The van der Waals surface area contributed by atoms with Gasteiger partial charge in [0.05, 0.1) is 29.9 Å². The number of sulfonamides is 1. The van der Waals surface area contributed by atoms with Crippen molar-refractivity contribution >= 4 is 15.9 Å². The average Bonchev–Trinajstić information content (AvgIpc) is 2.68. The highest BCUT2D eigenvalue weighted by atomic mass is 32.2. The van der Waals surface area contributed by atoms with Crippen LogP contribution in [-0.4, -0.2) is 49.7 Å². The highest BCUT2D eigenvalue weighted by Crippen LogP contribution is 2.25. The Hall–Kier alpha value is -2.49. The number of hydrogen-bond acceptors (Lipinski definition) is 5. The maximum atomic E-state index is 13.0. The number of benzene rings is 1. The molecule has 0 radical (unpaired) electrons. The molecule has 1 amide bonds. The number of piperidine rings is 1. The number of hydrogen-bond donors (Lipinski definition) is 0. The molecule has 1 aliphatic rings. The van der Waals surface area contributed by atoms with Crippen LogP contribution in [0.15, 0.2) is 29.2 Å². The molecule has 0 aromatic heterocycles. The summed E-state index contributed by atoms with van der Waals surface area (Å²) in [5.41, 5.74) is 0. The topological polar surface area (TPSA) is 105 Å². The molecule has 0 aliphatic carbocycles. The first kappa shape index (κ1) is 20.8. The third-order valence-corrected chi connectivity index (χ3v) is 6.47. The Labute approximate surface area is 158 Å². The zero-order valence-electron chi connectivity index (χ0n) is 14.8. The van der Waals surface area contributed by atoms with E-state index in [1.807, 2.05) is 12.1 Å². The molecule has 7 nitrogen and oxygen atoms in total. The Bertz CT molecular complexity index is 817. The fourth-order valence-electron chi connectivity index (χ4n) is 3.06. The van der Waals surface area contributed by atoms with Crippen LogP contribution in [0.1, 0.15) is 25.7 Å². The van der Waals surface area contributed by atoms with Gasteiger partial charge in [0.15, 0.2) is 0 Å². The molecule has 0 spiro atoms. The highest BCUT2D eigenvalue weighted by molar-refractivity contribution is 7.89. The second-order valence-electron chi connectivity index (χ2n) is 6.27. The molecule has 1 aliphatic heterocycles. The Kier molecular flexibility index (Phi) is 7.28. The van der Waals surface area contributed by atoms with Gasteiger partial charge in [0.25, 0.3) is 0 Å². The van der Waals surface area contributed by atoms with Crippen molar-refractivity contribution in [3.05, 3.63) is 30.1 Å². The van der Waals surface area contributed by atoms with Crippen LogP contribution in [0.2, 0.25) is 0 Å². The lowest BCUT2D eigenvalue weighted by Crippen LogP contribution is -2.44. The predicted molar refractivity (Wildman–Crippen MR) is 94.9 cm³/mol. The van der Waals surface area contributed by atoms with Crippen molar-refractivity contribution < 1.29 is 17.6 Å². The van der Waals surface area contributed by atoms with Crippen molar-refractivity contribution in [2.75, 3.05) is 26.2 Å². The molecule has 0 bridgehead atoms. The van der Waals surface area contributed by atoms with E-state index in [0.29, 0.717) is 12.8 Å². The largest absolute Gasteiger partial charge is 0.340 e. The Morgan fingerprint density at radius 1 is 1.11 bits per heavy atom. The summed E-state index contributed by atoms with van der Waals surface area (Å²) >= 11 is 0. The van der Waals surface area contributed by atoms with Crippen LogP contribution in [0, 0.1) is 34.4 Å². The number of carbonyl (C=O) groups is 1. The summed E-state index contributed by atoms with van der Waals surface area (Å²) in [5, 5.41) is 17.5.